The van der Waals surface area contributed by atoms with Gasteiger partial charge in [-0.15, -0.1) is 0 Å². The SMILES string of the molecule is CCC(CC)c1ccc(NCC(=O)N(C)C)cc1. The van der Waals surface area contributed by atoms with Gasteiger partial charge in [0.1, 0.15) is 0 Å². The van der Waals surface area contributed by atoms with Crippen LogP contribution in [-0.2, 0) is 4.79 Å². The molecule has 0 aromatic heterocycles. The van der Waals surface area contributed by atoms with E-state index in [9.17, 15) is 4.79 Å². The van der Waals surface area contributed by atoms with Gasteiger partial charge in [-0.05, 0) is 36.5 Å². The Balaban J connectivity index is 2.58. The van der Waals surface area contributed by atoms with E-state index in [-0.39, 0.29) is 5.91 Å². The molecule has 0 heterocycles. The fourth-order valence-electron chi connectivity index (χ4n) is 1.97. The Labute approximate surface area is 110 Å². The second-order valence-electron chi connectivity index (χ2n) is 4.78. The van der Waals surface area contributed by atoms with Gasteiger partial charge in [0.25, 0.3) is 0 Å². The van der Waals surface area contributed by atoms with Gasteiger partial charge in [0.05, 0.1) is 6.54 Å². The van der Waals surface area contributed by atoms with Crippen molar-refractivity contribution in [1.29, 1.82) is 0 Å². The van der Waals surface area contributed by atoms with E-state index in [2.05, 4.69) is 43.4 Å². The van der Waals surface area contributed by atoms with Crippen molar-refractivity contribution in [3.63, 3.8) is 0 Å². The van der Waals surface area contributed by atoms with E-state index >= 15 is 0 Å². The summed E-state index contributed by atoms with van der Waals surface area (Å²) in [7, 11) is 3.53. The first-order valence-electron chi connectivity index (χ1n) is 6.62. The number of nitrogens with zero attached hydrogens (tertiary/aromatic N) is 1. The van der Waals surface area contributed by atoms with Gasteiger partial charge in [0, 0.05) is 19.8 Å². The predicted octanol–water partition coefficient (Wildman–Crippen LogP) is 3.09. The van der Waals surface area contributed by atoms with Crippen LogP contribution in [0.15, 0.2) is 24.3 Å². The van der Waals surface area contributed by atoms with Crippen molar-refractivity contribution in [3.8, 4) is 0 Å². The molecule has 0 aliphatic carbocycles. The lowest BCUT2D eigenvalue weighted by Gasteiger charge is -2.14. The number of anilines is 1. The molecule has 100 valence electrons. The Bertz CT molecular complexity index is 367. The van der Waals surface area contributed by atoms with Gasteiger partial charge in [-0.3, -0.25) is 4.79 Å². The van der Waals surface area contributed by atoms with E-state index in [0.29, 0.717) is 12.5 Å². The Kier molecular flexibility index (Phi) is 5.69. The first kappa shape index (κ1) is 14.6. The van der Waals surface area contributed by atoms with Crippen LogP contribution < -0.4 is 5.32 Å². The maximum Gasteiger partial charge on any atom is 0.241 e. The molecule has 0 saturated carbocycles. The Morgan fingerprint density at radius 2 is 1.72 bits per heavy atom. The zero-order valence-electron chi connectivity index (χ0n) is 11.9. The number of benzene rings is 1. The van der Waals surface area contributed by atoms with Crippen LogP contribution in [0.25, 0.3) is 0 Å². The molecule has 1 aromatic carbocycles. The maximum atomic E-state index is 11.4. The molecule has 3 heteroatoms. The molecule has 0 aliphatic heterocycles. The fourth-order valence-corrected chi connectivity index (χ4v) is 1.97. The van der Waals surface area contributed by atoms with Gasteiger partial charge in [0.15, 0.2) is 0 Å². The Hall–Kier alpha value is -1.51. The van der Waals surface area contributed by atoms with Crippen molar-refractivity contribution >= 4 is 11.6 Å². The van der Waals surface area contributed by atoms with Gasteiger partial charge in [0.2, 0.25) is 5.91 Å². The average molecular weight is 248 g/mol. The van der Waals surface area contributed by atoms with Crippen molar-refractivity contribution in [1.82, 2.24) is 4.90 Å². The summed E-state index contributed by atoms with van der Waals surface area (Å²) >= 11 is 0. The highest BCUT2D eigenvalue weighted by Crippen LogP contribution is 2.24. The maximum absolute atomic E-state index is 11.4. The summed E-state index contributed by atoms with van der Waals surface area (Å²) in [4.78, 5) is 13.0. The third-order valence-electron chi connectivity index (χ3n) is 3.31. The second kappa shape index (κ2) is 7.04. The summed E-state index contributed by atoms with van der Waals surface area (Å²) in [6.07, 6.45) is 2.34. The van der Waals surface area contributed by atoms with Crippen LogP contribution in [0, 0.1) is 0 Å². The van der Waals surface area contributed by atoms with E-state index in [1.165, 1.54) is 18.4 Å². The molecular weight excluding hydrogens is 224 g/mol. The molecule has 0 unspecified atom stereocenters. The summed E-state index contributed by atoms with van der Waals surface area (Å²) in [6.45, 7) is 4.78. The minimum Gasteiger partial charge on any atom is -0.376 e. The Morgan fingerprint density at radius 1 is 1.17 bits per heavy atom. The molecule has 1 N–H and O–H groups in total. The quantitative estimate of drug-likeness (QED) is 0.839. The lowest BCUT2D eigenvalue weighted by atomic mass is 9.94. The summed E-state index contributed by atoms with van der Waals surface area (Å²) in [5.41, 5.74) is 2.38. The monoisotopic (exact) mass is 248 g/mol. The molecule has 0 spiro atoms. The molecule has 3 nitrogen and oxygen atoms in total. The van der Waals surface area contributed by atoms with E-state index in [1.54, 1.807) is 19.0 Å². The largest absolute Gasteiger partial charge is 0.376 e. The van der Waals surface area contributed by atoms with Crippen molar-refractivity contribution in [3.05, 3.63) is 29.8 Å². The number of rotatable bonds is 6. The molecule has 18 heavy (non-hydrogen) atoms. The molecular formula is C15H24N2O. The molecule has 0 aliphatic rings. The van der Waals surface area contributed by atoms with Crippen molar-refractivity contribution in [2.24, 2.45) is 0 Å². The van der Waals surface area contributed by atoms with Crippen molar-refractivity contribution in [2.75, 3.05) is 26.0 Å². The van der Waals surface area contributed by atoms with Crippen LogP contribution in [-0.4, -0.2) is 31.4 Å². The second-order valence-corrected chi connectivity index (χ2v) is 4.78. The lowest BCUT2D eigenvalue weighted by molar-refractivity contribution is -0.126. The van der Waals surface area contributed by atoms with Crippen molar-refractivity contribution in [2.45, 2.75) is 32.6 Å². The Morgan fingerprint density at radius 3 is 2.17 bits per heavy atom. The fraction of sp³-hybridized carbons (Fsp3) is 0.533. The number of amides is 1. The molecule has 0 atom stereocenters. The normalized spacial score (nSPS) is 10.5. The zero-order chi connectivity index (χ0) is 13.5. The van der Waals surface area contributed by atoms with Crippen LogP contribution in [0.5, 0.6) is 0 Å². The topological polar surface area (TPSA) is 32.3 Å². The molecule has 1 rings (SSSR count). The number of carbonyl (C=O) groups excluding carboxylic acids is 1. The molecule has 0 bridgehead atoms. The highest BCUT2D eigenvalue weighted by molar-refractivity contribution is 5.80. The first-order valence-corrected chi connectivity index (χ1v) is 6.62. The van der Waals surface area contributed by atoms with Crippen molar-refractivity contribution < 1.29 is 4.79 Å². The first-order chi connectivity index (χ1) is 8.58. The van der Waals surface area contributed by atoms with Gasteiger partial charge >= 0.3 is 0 Å². The summed E-state index contributed by atoms with van der Waals surface area (Å²) in [5.74, 6) is 0.724. The molecule has 0 radical (unpaired) electrons. The summed E-state index contributed by atoms with van der Waals surface area (Å²) in [5, 5.41) is 3.14. The summed E-state index contributed by atoms with van der Waals surface area (Å²) in [6, 6.07) is 8.41. The lowest BCUT2D eigenvalue weighted by Crippen LogP contribution is -2.28. The highest BCUT2D eigenvalue weighted by atomic mass is 16.2. The molecule has 0 saturated heterocycles. The molecule has 1 amide bonds. The average Bonchev–Trinajstić information content (AvgIpc) is 2.38. The van der Waals surface area contributed by atoms with Gasteiger partial charge in [-0.1, -0.05) is 26.0 Å². The third-order valence-corrected chi connectivity index (χ3v) is 3.31. The van der Waals surface area contributed by atoms with Crippen LogP contribution in [0.2, 0.25) is 0 Å². The molecule has 1 aromatic rings. The van der Waals surface area contributed by atoms with E-state index in [4.69, 9.17) is 0 Å². The zero-order valence-corrected chi connectivity index (χ0v) is 11.9. The van der Waals surface area contributed by atoms with E-state index < -0.39 is 0 Å². The van der Waals surface area contributed by atoms with E-state index in [0.717, 1.165) is 5.69 Å². The number of likely N-dealkylation sites (N-methyl/N-ethyl adjacent to an activating group) is 1. The van der Waals surface area contributed by atoms with Crippen LogP contribution in [0.1, 0.15) is 38.2 Å². The standard InChI is InChI=1S/C15H24N2O/c1-5-12(6-2)13-7-9-14(10-8-13)16-11-15(18)17(3)4/h7-10,12,16H,5-6,11H2,1-4H3. The number of hydrogen-bond donors (Lipinski definition) is 1. The minimum absolute atomic E-state index is 0.0825. The van der Waals surface area contributed by atoms with Gasteiger partial charge in [-0.2, -0.15) is 0 Å². The summed E-state index contributed by atoms with van der Waals surface area (Å²) < 4.78 is 0. The highest BCUT2D eigenvalue weighted by Gasteiger charge is 2.07. The number of hydrogen-bond acceptors (Lipinski definition) is 2. The van der Waals surface area contributed by atoms with Crippen LogP contribution in [0.3, 0.4) is 0 Å². The molecule has 0 fully saturated rings. The smallest absolute Gasteiger partial charge is 0.241 e. The van der Waals surface area contributed by atoms with Gasteiger partial charge in [-0.25, -0.2) is 0 Å². The third kappa shape index (κ3) is 4.06. The number of carbonyl (C=O) groups is 1. The van der Waals surface area contributed by atoms with Crippen LogP contribution >= 0.6 is 0 Å². The number of nitrogens with one attached hydrogen (secondary N) is 1. The van der Waals surface area contributed by atoms with Crippen LogP contribution in [0.4, 0.5) is 5.69 Å². The predicted molar refractivity (Wildman–Crippen MR) is 76.9 cm³/mol. The minimum atomic E-state index is 0.0825. The van der Waals surface area contributed by atoms with Gasteiger partial charge < -0.3 is 10.2 Å². The van der Waals surface area contributed by atoms with E-state index in [1.807, 2.05) is 0 Å².